The van der Waals surface area contributed by atoms with Crippen LogP contribution < -0.4 is 9.64 Å². The number of piperazine rings is 1. The fourth-order valence-electron chi connectivity index (χ4n) is 3.62. The van der Waals surface area contributed by atoms with Crippen LogP contribution in [0.2, 0.25) is 0 Å². The normalized spacial score (nSPS) is 16.5. The van der Waals surface area contributed by atoms with Gasteiger partial charge in [0.25, 0.3) is 0 Å². The van der Waals surface area contributed by atoms with Crippen LogP contribution >= 0.6 is 0 Å². The molecular weight excluding hydrogens is 344 g/mol. The average molecular weight is 374 g/mol. The number of hydrogen-bond acceptors (Lipinski definition) is 7. The lowest BCUT2D eigenvalue weighted by Crippen LogP contribution is -2.48. The molecule has 1 aromatic heterocycles. The van der Waals surface area contributed by atoms with Crippen LogP contribution in [-0.2, 0) is 11.3 Å². The molecule has 1 fully saturated rings. The van der Waals surface area contributed by atoms with Gasteiger partial charge in [-0.3, -0.25) is 4.90 Å². The topological polar surface area (TPSA) is 68.5 Å². The van der Waals surface area contributed by atoms with E-state index in [0.29, 0.717) is 13.2 Å². The van der Waals surface area contributed by atoms with Gasteiger partial charge in [0.1, 0.15) is 5.75 Å². The van der Waals surface area contributed by atoms with Crippen LogP contribution in [0.1, 0.15) is 31.6 Å². The Morgan fingerprint density at radius 3 is 2.44 bits per heavy atom. The number of rotatable bonds is 9. The molecule has 1 saturated heterocycles. The van der Waals surface area contributed by atoms with Gasteiger partial charge in [0.05, 0.1) is 26.3 Å². The third kappa shape index (κ3) is 4.75. The van der Waals surface area contributed by atoms with Crippen molar-refractivity contribution in [1.82, 2.24) is 25.1 Å². The summed E-state index contributed by atoms with van der Waals surface area (Å²) in [7, 11) is 3.40. The first-order valence-corrected chi connectivity index (χ1v) is 9.64. The monoisotopic (exact) mass is 374 g/mol. The Hall–Kier alpha value is -2.19. The van der Waals surface area contributed by atoms with Crippen molar-refractivity contribution in [1.29, 1.82) is 0 Å². The lowest BCUT2D eigenvalue weighted by atomic mass is 10.1. The number of benzene rings is 1. The molecule has 2 heterocycles. The first-order chi connectivity index (χ1) is 13.3. The van der Waals surface area contributed by atoms with Crippen LogP contribution in [0.3, 0.4) is 0 Å². The molecule has 0 aliphatic carbocycles. The zero-order chi connectivity index (χ0) is 19.1. The highest BCUT2D eigenvalue weighted by Crippen LogP contribution is 2.27. The van der Waals surface area contributed by atoms with E-state index in [9.17, 15) is 0 Å². The van der Waals surface area contributed by atoms with E-state index in [2.05, 4.69) is 44.4 Å². The van der Waals surface area contributed by atoms with Crippen molar-refractivity contribution in [3.05, 3.63) is 30.1 Å². The summed E-state index contributed by atoms with van der Waals surface area (Å²) in [4.78, 5) is 4.94. The molecule has 1 aliphatic rings. The van der Waals surface area contributed by atoms with Gasteiger partial charge in [0.2, 0.25) is 0 Å². The Bertz CT molecular complexity index is 682. The van der Waals surface area contributed by atoms with E-state index in [1.807, 2.05) is 16.8 Å². The number of tetrazole rings is 1. The number of anilines is 1. The highest BCUT2D eigenvalue weighted by molar-refractivity contribution is 5.49. The summed E-state index contributed by atoms with van der Waals surface area (Å²) in [6, 6.07) is 8.55. The smallest absolute Gasteiger partial charge is 0.168 e. The second-order valence-corrected chi connectivity index (χ2v) is 6.78. The second-order valence-electron chi connectivity index (χ2n) is 6.78. The fourth-order valence-corrected chi connectivity index (χ4v) is 3.62. The van der Waals surface area contributed by atoms with Gasteiger partial charge in [-0.05, 0) is 41.1 Å². The Morgan fingerprint density at radius 2 is 1.81 bits per heavy atom. The van der Waals surface area contributed by atoms with Crippen LogP contribution in [0.5, 0.6) is 5.75 Å². The summed E-state index contributed by atoms with van der Waals surface area (Å²) in [5.41, 5.74) is 1.24. The quantitative estimate of drug-likeness (QED) is 0.665. The van der Waals surface area contributed by atoms with Gasteiger partial charge in [-0.25, -0.2) is 4.68 Å². The van der Waals surface area contributed by atoms with Crippen molar-refractivity contribution in [3.63, 3.8) is 0 Å². The number of hydrogen-bond donors (Lipinski definition) is 0. The molecule has 148 valence electrons. The summed E-state index contributed by atoms with van der Waals surface area (Å²) in [5, 5.41) is 12.4. The van der Waals surface area contributed by atoms with E-state index in [4.69, 9.17) is 9.47 Å². The molecule has 0 unspecified atom stereocenters. The molecule has 0 radical (unpaired) electrons. The minimum Gasteiger partial charge on any atom is -0.497 e. The van der Waals surface area contributed by atoms with Gasteiger partial charge >= 0.3 is 0 Å². The van der Waals surface area contributed by atoms with E-state index < -0.39 is 0 Å². The molecule has 0 N–H and O–H groups in total. The maximum atomic E-state index is 5.26. The average Bonchev–Trinajstić information content (AvgIpc) is 3.19. The molecule has 8 heteroatoms. The minimum absolute atomic E-state index is 0.250. The lowest BCUT2D eigenvalue weighted by molar-refractivity contribution is 0.153. The molecule has 2 aromatic rings. The van der Waals surface area contributed by atoms with Crippen molar-refractivity contribution in [2.75, 3.05) is 51.9 Å². The van der Waals surface area contributed by atoms with E-state index in [-0.39, 0.29) is 6.04 Å². The highest BCUT2D eigenvalue weighted by Gasteiger charge is 2.28. The summed E-state index contributed by atoms with van der Waals surface area (Å²) >= 11 is 0. The minimum atomic E-state index is 0.250. The van der Waals surface area contributed by atoms with Gasteiger partial charge in [-0.1, -0.05) is 13.3 Å². The molecule has 0 saturated carbocycles. The Kier molecular flexibility index (Phi) is 7.00. The van der Waals surface area contributed by atoms with Gasteiger partial charge in [0.15, 0.2) is 5.82 Å². The molecule has 1 atom stereocenters. The molecular formula is C19H30N6O2. The van der Waals surface area contributed by atoms with Crippen molar-refractivity contribution in [3.8, 4) is 5.75 Å². The number of ether oxygens (including phenoxy) is 2. The fraction of sp³-hybridized carbons (Fsp3) is 0.632. The van der Waals surface area contributed by atoms with Gasteiger partial charge in [-0.2, -0.15) is 0 Å². The zero-order valence-electron chi connectivity index (χ0n) is 16.5. The first-order valence-electron chi connectivity index (χ1n) is 9.64. The van der Waals surface area contributed by atoms with E-state index >= 15 is 0 Å². The lowest BCUT2D eigenvalue weighted by Gasteiger charge is -2.39. The van der Waals surface area contributed by atoms with Crippen molar-refractivity contribution in [2.24, 2.45) is 0 Å². The standard InChI is InChI=1S/C19H30N6O2/c1-4-5-18(19-20-21-22-25(19)14-15-26-2)24-12-10-23(11-13-24)16-6-8-17(27-3)9-7-16/h6-9,18H,4-5,10-15H2,1-3H3/t18-/m1/s1. The van der Waals surface area contributed by atoms with E-state index in [1.54, 1.807) is 14.2 Å². The number of nitrogens with zero attached hydrogens (tertiary/aromatic N) is 6. The summed E-state index contributed by atoms with van der Waals surface area (Å²) in [6.45, 7) is 7.48. The zero-order valence-corrected chi connectivity index (χ0v) is 16.5. The van der Waals surface area contributed by atoms with Gasteiger partial charge in [-0.15, -0.1) is 5.10 Å². The second kappa shape index (κ2) is 9.66. The number of methoxy groups -OCH3 is 2. The third-order valence-corrected chi connectivity index (χ3v) is 5.12. The van der Waals surface area contributed by atoms with Gasteiger partial charge in [0, 0.05) is 39.0 Å². The van der Waals surface area contributed by atoms with Crippen molar-refractivity contribution >= 4 is 5.69 Å². The molecule has 0 bridgehead atoms. The summed E-state index contributed by atoms with van der Waals surface area (Å²) in [6.07, 6.45) is 2.15. The SMILES string of the molecule is CCC[C@H](c1nnnn1CCOC)N1CCN(c2ccc(OC)cc2)CC1. The maximum absolute atomic E-state index is 5.26. The Morgan fingerprint density at radius 1 is 1.07 bits per heavy atom. The van der Waals surface area contributed by atoms with E-state index in [0.717, 1.165) is 50.6 Å². The maximum Gasteiger partial charge on any atom is 0.168 e. The first kappa shape index (κ1) is 19.6. The Balaban J connectivity index is 1.65. The third-order valence-electron chi connectivity index (χ3n) is 5.12. The van der Waals surface area contributed by atoms with Crippen LogP contribution in [0.25, 0.3) is 0 Å². The molecule has 1 aliphatic heterocycles. The van der Waals surface area contributed by atoms with Crippen LogP contribution in [0.15, 0.2) is 24.3 Å². The Labute approximate surface area is 161 Å². The molecule has 0 amide bonds. The van der Waals surface area contributed by atoms with Crippen molar-refractivity contribution < 1.29 is 9.47 Å². The molecule has 8 nitrogen and oxygen atoms in total. The molecule has 0 spiro atoms. The molecule has 3 rings (SSSR count). The molecule has 1 aromatic carbocycles. The van der Waals surface area contributed by atoms with Crippen LogP contribution in [0, 0.1) is 0 Å². The predicted molar refractivity (Wildman–Crippen MR) is 104 cm³/mol. The molecule has 27 heavy (non-hydrogen) atoms. The predicted octanol–water partition coefficient (Wildman–Crippen LogP) is 1.99. The van der Waals surface area contributed by atoms with Gasteiger partial charge < -0.3 is 14.4 Å². The van der Waals surface area contributed by atoms with Crippen molar-refractivity contribution in [2.45, 2.75) is 32.4 Å². The van der Waals surface area contributed by atoms with Crippen LogP contribution in [-0.4, -0.2) is 72.1 Å². The summed E-state index contributed by atoms with van der Waals surface area (Å²) in [5.74, 6) is 1.84. The highest BCUT2D eigenvalue weighted by atomic mass is 16.5. The van der Waals surface area contributed by atoms with E-state index in [1.165, 1.54) is 5.69 Å². The largest absolute Gasteiger partial charge is 0.497 e. The van der Waals surface area contributed by atoms with Crippen LogP contribution in [0.4, 0.5) is 5.69 Å². The number of aromatic nitrogens is 4. The summed E-state index contributed by atoms with van der Waals surface area (Å²) < 4.78 is 12.3.